The molecule has 1 heterocycles. The Labute approximate surface area is 157 Å². The third-order valence-electron chi connectivity index (χ3n) is 4.37. The number of hydrogen-bond donors (Lipinski definition) is 2. The molecule has 0 radical (unpaired) electrons. The smallest absolute Gasteiger partial charge is 0.269 e. The highest BCUT2D eigenvalue weighted by molar-refractivity contribution is 5.64. The van der Waals surface area contributed by atoms with Crippen molar-refractivity contribution < 1.29 is 10.0 Å². The van der Waals surface area contributed by atoms with E-state index in [1.54, 1.807) is 16.8 Å². The summed E-state index contributed by atoms with van der Waals surface area (Å²) in [6.07, 6.45) is 1.31. The van der Waals surface area contributed by atoms with Crippen molar-refractivity contribution in [3.05, 3.63) is 81.5 Å². The first-order chi connectivity index (χ1) is 12.9. The van der Waals surface area contributed by atoms with Gasteiger partial charge >= 0.3 is 0 Å². The molecule has 7 heteroatoms. The van der Waals surface area contributed by atoms with E-state index in [9.17, 15) is 15.2 Å². The van der Waals surface area contributed by atoms with Gasteiger partial charge in [-0.25, -0.2) is 0 Å². The number of non-ortho nitro benzene ring substituents is 1. The number of nitrogens with one attached hydrogen (secondary N) is 1. The third-order valence-corrected chi connectivity index (χ3v) is 4.37. The predicted octanol–water partition coefficient (Wildman–Crippen LogP) is 3.13. The van der Waals surface area contributed by atoms with Crippen molar-refractivity contribution in [2.24, 2.45) is 7.05 Å². The van der Waals surface area contributed by atoms with Crippen molar-refractivity contribution >= 4 is 5.69 Å². The molecule has 0 fully saturated rings. The van der Waals surface area contributed by atoms with Gasteiger partial charge in [0.15, 0.2) is 0 Å². The summed E-state index contributed by atoms with van der Waals surface area (Å²) in [6.45, 7) is 2.96. The second kappa shape index (κ2) is 8.11. The monoisotopic (exact) mass is 366 g/mol. The van der Waals surface area contributed by atoms with E-state index in [-0.39, 0.29) is 5.69 Å². The average molecular weight is 366 g/mol. The molecule has 2 N–H and O–H groups in total. The van der Waals surface area contributed by atoms with Crippen molar-refractivity contribution in [3.8, 4) is 11.3 Å². The number of aliphatic hydroxyl groups is 1. The van der Waals surface area contributed by atoms with Gasteiger partial charge in [0, 0.05) is 49.6 Å². The zero-order valence-electron chi connectivity index (χ0n) is 15.3. The van der Waals surface area contributed by atoms with Crippen LogP contribution >= 0.6 is 0 Å². The SMILES string of the molecule is Cc1ccc(C(O)CNCc2cn(C)nc2-c2ccc([N+](=O)[O-])cc2)cc1. The summed E-state index contributed by atoms with van der Waals surface area (Å²) in [5.74, 6) is 0. The van der Waals surface area contributed by atoms with E-state index in [1.807, 2.05) is 44.4 Å². The van der Waals surface area contributed by atoms with Crippen LogP contribution in [0.2, 0.25) is 0 Å². The second-order valence-electron chi connectivity index (χ2n) is 6.54. The molecule has 7 nitrogen and oxygen atoms in total. The number of aliphatic hydroxyl groups excluding tert-OH is 1. The maximum Gasteiger partial charge on any atom is 0.269 e. The van der Waals surface area contributed by atoms with Crippen LogP contribution in [0, 0.1) is 17.0 Å². The molecule has 0 amide bonds. The lowest BCUT2D eigenvalue weighted by molar-refractivity contribution is -0.384. The lowest BCUT2D eigenvalue weighted by Crippen LogP contribution is -2.21. The van der Waals surface area contributed by atoms with Crippen LogP contribution in [0.5, 0.6) is 0 Å². The molecule has 3 rings (SSSR count). The second-order valence-corrected chi connectivity index (χ2v) is 6.54. The van der Waals surface area contributed by atoms with Crippen LogP contribution in [0.3, 0.4) is 0 Å². The summed E-state index contributed by atoms with van der Waals surface area (Å²) in [4.78, 5) is 10.4. The van der Waals surface area contributed by atoms with Gasteiger partial charge in [0.1, 0.15) is 0 Å². The number of hydrogen-bond acceptors (Lipinski definition) is 5. The lowest BCUT2D eigenvalue weighted by atomic mass is 10.1. The van der Waals surface area contributed by atoms with Gasteiger partial charge in [0.2, 0.25) is 0 Å². The molecule has 0 aliphatic heterocycles. The van der Waals surface area contributed by atoms with Gasteiger partial charge in [0.25, 0.3) is 5.69 Å². The average Bonchev–Trinajstić information content (AvgIpc) is 3.03. The zero-order chi connectivity index (χ0) is 19.4. The highest BCUT2D eigenvalue weighted by atomic mass is 16.6. The summed E-state index contributed by atoms with van der Waals surface area (Å²) in [7, 11) is 1.83. The normalized spacial score (nSPS) is 12.1. The Bertz CT molecular complexity index is 917. The molecule has 1 atom stereocenters. The highest BCUT2D eigenvalue weighted by Crippen LogP contribution is 2.24. The minimum absolute atomic E-state index is 0.0515. The zero-order valence-corrected chi connectivity index (χ0v) is 15.3. The van der Waals surface area contributed by atoms with E-state index in [1.165, 1.54) is 12.1 Å². The summed E-state index contributed by atoms with van der Waals surface area (Å²) >= 11 is 0. The Balaban J connectivity index is 1.67. The van der Waals surface area contributed by atoms with Gasteiger partial charge in [-0.05, 0) is 24.6 Å². The fourth-order valence-electron chi connectivity index (χ4n) is 2.90. The van der Waals surface area contributed by atoms with E-state index in [0.717, 1.165) is 27.9 Å². The van der Waals surface area contributed by atoms with Crippen molar-refractivity contribution in [2.75, 3.05) is 6.54 Å². The number of nitrogens with zero attached hydrogens (tertiary/aromatic N) is 3. The molecular weight excluding hydrogens is 344 g/mol. The van der Waals surface area contributed by atoms with Gasteiger partial charge in [-0.2, -0.15) is 5.10 Å². The Morgan fingerprint density at radius 3 is 2.48 bits per heavy atom. The summed E-state index contributed by atoms with van der Waals surface area (Å²) in [5.41, 5.74) is 4.62. The van der Waals surface area contributed by atoms with Crippen molar-refractivity contribution in [2.45, 2.75) is 19.6 Å². The van der Waals surface area contributed by atoms with Crippen LogP contribution in [-0.2, 0) is 13.6 Å². The Morgan fingerprint density at radius 1 is 1.19 bits per heavy atom. The summed E-state index contributed by atoms with van der Waals surface area (Å²) in [5, 5.41) is 28.9. The van der Waals surface area contributed by atoms with Crippen molar-refractivity contribution in [3.63, 3.8) is 0 Å². The number of rotatable bonds is 7. The molecule has 0 saturated carbocycles. The number of nitro benzene ring substituents is 1. The maximum absolute atomic E-state index is 10.8. The molecular formula is C20H22N4O3. The fraction of sp³-hybridized carbons (Fsp3) is 0.250. The first kappa shape index (κ1) is 18.8. The topological polar surface area (TPSA) is 93.2 Å². The lowest BCUT2D eigenvalue weighted by Gasteiger charge is -2.12. The van der Waals surface area contributed by atoms with Crippen LogP contribution in [-0.4, -0.2) is 26.4 Å². The molecule has 140 valence electrons. The Hall–Kier alpha value is -3.03. The van der Waals surface area contributed by atoms with E-state index in [0.29, 0.717) is 13.1 Å². The Kier molecular flexibility index (Phi) is 5.63. The van der Waals surface area contributed by atoms with E-state index >= 15 is 0 Å². The molecule has 0 spiro atoms. The minimum Gasteiger partial charge on any atom is -0.387 e. The minimum atomic E-state index is -0.593. The van der Waals surface area contributed by atoms with Crippen molar-refractivity contribution in [1.29, 1.82) is 0 Å². The first-order valence-electron chi connectivity index (χ1n) is 8.66. The molecule has 27 heavy (non-hydrogen) atoms. The number of aryl methyl sites for hydroxylation is 2. The van der Waals surface area contributed by atoms with Crippen LogP contribution < -0.4 is 5.32 Å². The van der Waals surface area contributed by atoms with E-state index in [4.69, 9.17) is 0 Å². The highest BCUT2D eigenvalue weighted by Gasteiger charge is 2.13. The molecule has 1 aromatic heterocycles. The maximum atomic E-state index is 10.8. The van der Waals surface area contributed by atoms with Gasteiger partial charge in [-0.1, -0.05) is 29.8 Å². The Morgan fingerprint density at radius 2 is 1.85 bits per heavy atom. The fourth-order valence-corrected chi connectivity index (χ4v) is 2.90. The number of benzene rings is 2. The molecule has 0 aliphatic rings. The van der Waals surface area contributed by atoms with Gasteiger partial charge < -0.3 is 10.4 Å². The largest absolute Gasteiger partial charge is 0.387 e. The standard InChI is InChI=1S/C20H22N4O3/c1-14-3-5-15(6-4-14)19(25)12-21-11-17-13-23(2)22-20(17)16-7-9-18(10-8-16)24(26)27/h3-10,13,19,21,25H,11-12H2,1-2H3. The predicted molar refractivity (Wildman–Crippen MR) is 103 cm³/mol. The van der Waals surface area contributed by atoms with Gasteiger partial charge in [-0.3, -0.25) is 14.8 Å². The van der Waals surface area contributed by atoms with Crippen LogP contribution in [0.1, 0.15) is 22.8 Å². The van der Waals surface area contributed by atoms with Gasteiger partial charge in [0.05, 0.1) is 16.7 Å². The molecule has 3 aromatic rings. The quantitative estimate of drug-likeness (QED) is 0.495. The van der Waals surface area contributed by atoms with Crippen LogP contribution in [0.15, 0.2) is 54.7 Å². The molecule has 0 aliphatic carbocycles. The third kappa shape index (κ3) is 4.58. The van der Waals surface area contributed by atoms with E-state index < -0.39 is 11.0 Å². The van der Waals surface area contributed by atoms with E-state index in [2.05, 4.69) is 10.4 Å². The van der Waals surface area contributed by atoms with Crippen molar-refractivity contribution in [1.82, 2.24) is 15.1 Å². The van der Waals surface area contributed by atoms with Gasteiger partial charge in [-0.15, -0.1) is 0 Å². The first-order valence-corrected chi connectivity index (χ1v) is 8.66. The molecule has 0 saturated heterocycles. The molecule has 1 unspecified atom stereocenters. The molecule has 0 bridgehead atoms. The number of aromatic nitrogens is 2. The summed E-state index contributed by atoms with van der Waals surface area (Å²) in [6, 6.07) is 14.2. The van der Waals surface area contributed by atoms with Crippen LogP contribution in [0.25, 0.3) is 11.3 Å². The number of nitro groups is 1. The summed E-state index contributed by atoms with van der Waals surface area (Å²) < 4.78 is 1.71. The van der Waals surface area contributed by atoms with Crippen LogP contribution in [0.4, 0.5) is 5.69 Å². The molecule has 2 aromatic carbocycles.